The summed E-state index contributed by atoms with van der Waals surface area (Å²) in [4.78, 5) is 3.59. The molecule has 0 bridgehead atoms. The normalized spacial score (nSPS) is 11.3. The summed E-state index contributed by atoms with van der Waals surface area (Å²) in [7, 11) is -3.91. The molecule has 1 aromatic carbocycles. The molecule has 0 spiro atoms. The van der Waals surface area contributed by atoms with Gasteiger partial charge in [0.05, 0.1) is 10.6 Å². The first-order valence-corrected chi connectivity index (χ1v) is 7.63. The van der Waals surface area contributed by atoms with E-state index in [1.165, 1.54) is 30.5 Å². The number of pyridine rings is 1. The van der Waals surface area contributed by atoms with E-state index in [9.17, 15) is 12.8 Å². The Balaban J connectivity index is 2.39. The molecular formula is C11H7BrClFN2O2S. The molecule has 8 heteroatoms. The van der Waals surface area contributed by atoms with Gasteiger partial charge >= 0.3 is 0 Å². The fourth-order valence-corrected chi connectivity index (χ4v) is 3.00. The Labute approximate surface area is 122 Å². The van der Waals surface area contributed by atoms with Crippen LogP contribution in [0.15, 0.2) is 45.9 Å². The van der Waals surface area contributed by atoms with Crippen LogP contribution in [0.4, 0.5) is 10.1 Å². The summed E-state index contributed by atoms with van der Waals surface area (Å²) in [6.07, 6.45) is 1.26. The second-order valence-electron chi connectivity index (χ2n) is 3.54. The van der Waals surface area contributed by atoms with E-state index in [2.05, 4.69) is 25.6 Å². The molecule has 0 amide bonds. The van der Waals surface area contributed by atoms with Crippen molar-refractivity contribution in [2.45, 2.75) is 4.90 Å². The second kappa shape index (κ2) is 5.44. The summed E-state index contributed by atoms with van der Waals surface area (Å²) < 4.78 is 40.3. The molecule has 0 radical (unpaired) electrons. The summed E-state index contributed by atoms with van der Waals surface area (Å²) in [5.41, 5.74) is -0.151. The molecule has 0 aliphatic rings. The van der Waals surface area contributed by atoms with Crippen LogP contribution in [0.2, 0.25) is 5.15 Å². The van der Waals surface area contributed by atoms with Gasteiger partial charge in [-0.2, -0.15) is 0 Å². The van der Waals surface area contributed by atoms with Crippen LogP contribution in [0.5, 0.6) is 0 Å². The fraction of sp³-hybridized carbons (Fsp3) is 0. The van der Waals surface area contributed by atoms with Crippen molar-refractivity contribution >= 4 is 43.2 Å². The monoisotopic (exact) mass is 364 g/mol. The van der Waals surface area contributed by atoms with Crippen LogP contribution in [0.3, 0.4) is 0 Å². The summed E-state index contributed by atoms with van der Waals surface area (Å²) >= 11 is 8.76. The highest BCUT2D eigenvalue weighted by molar-refractivity contribution is 9.10. The van der Waals surface area contributed by atoms with Crippen LogP contribution in [0.1, 0.15) is 0 Å². The molecule has 0 aliphatic heterocycles. The Hall–Kier alpha value is -1.18. The number of anilines is 1. The third kappa shape index (κ3) is 3.43. The first-order valence-electron chi connectivity index (χ1n) is 4.98. The van der Waals surface area contributed by atoms with Crippen LogP contribution >= 0.6 is 27.5 Å². The molecule has 2 aromatic rings. The number of benzene rings is 1. The van der Waals surface area contributed by atoms with Crippen LogP contribution in [0.25, 0.3) is 0 Å². The Bertz CT molecular complexity index is 724. The van der Waals surface area contributed by atoms with Crippen LogP contribution in [-0.4, -0.2) is 13.4 Å². The van der Waals surface area contributed by atoms with Crippen LogP contribution in [0, 0.1) is 5.82 Å². The number of hydrogen-bond donors (Lipinski definition) is 1. The molecular weight excluding hydrogens is 359 g/mol. The van der Waals surface area contributed by atoms with E-state index in [0.717, 1.165) is 6.07 Å². The zero-order valence-electron chi connectivity index (χ0n) is 9.27. The van der Waals surface area contributed by atoms with E-state index in [1.54, 1.807) is 0 Å². The molecule has 0 unspecified atom stereocenters. The van der Waals surface area contributed by atoms with E-state index in [-0.39, 0.29) is 15.7 Å². The highest BCUT2D eigenvalue weighted by atomic mass is 79.9. The van der Waals surface area contributed by atoms with Gasteiger partial charge in [-0.1, -0.05) is 27.5 Å². The maximum atomic E-state index is 13.5. The highest BCUT2D eigenvalue weighted by Crippen LogP contribution is 2.23. The van der Waals surface area contributed by atoms with Gasteiger partial charge in [0.2, 0.25) is 0 Å². The average Bonchev–Trinajstić information content (AvgIpc) is 2.33. The van der Waals surface area contributed by atoms with Crippen molar-refractivity contribution in [2.24, 2.45) is 0 Å². The van der Waals surface area contributed by atoms with Gasteiger partial charge in [-0.05, 0) is 30.3 Å². The van der Waals surface area contributed by atoms with Gasteiger partial charge in [0, 0.05) is 10.7 Å². The maximum Gasteiger partial charge on any atom is 0.262 e. The zero-order valence-corrected chi connectivity index (χ0v) is 12.4. The Morgan fingerprint density at radius 1 is 1.26 bits per heavy atom. The van der Waals surface area contributed by atoms with E-state index in [1.807, 2.05) is 0 Å². The Kier molecular flexibility index (Phi) is 4.07. The molecule has 0 aliphatic carbocycles. The summed E-state index contributed by atoms with van der Waals surface area (Å²) in [5.74, 6) is -0.674. The van der Waals surface area contributed by atoms with Gasteiger partial charge < -0.3 is 0 Å². The molecule has 0 fully saturated rings. The number of rotatable bonds is 3. The van der Waals surface area contributed by atoms with Crippen molar-refractivity contribution in [2.75, 3.05) is 4.72 Å². The van der Waals surface area contributed by atoms with Gasteiger partial charge in [-0.3, -0.25) is 4.72 Å². The molecule has 1 aromatic heterocycles. The lowest BCUT2D eigenvalue weighted by molar-refractivity contribution is 0.598. The molecule has 19 heavy (non-hydrogen) atoms. The predicted octanol–water partition coefficient (Wildman–Crippen LogP) is 3.44. The van der Waals surface area contributed by atoms with Crippen LogP contribution < -0.4 is 4.72 Å². The molecule has 2 rings (SSSR count). The topological polar surface area (TPSA) is 59.1 Å². The van der Waals surface area contributed by atoms with Gasteiger partial charge in [0.25, 0.3) is 10.0 Å². The lowest BCUT2D eigenvalue weighted by Crippen LogP contribution is -2.14. The SMILES string of the molecule is O=S(=O)(Nc1cc(Br)ccc1F)c1ccnc(Cl)c1. The third-order valence-corrected chi connectivity index (χ3v) is 4.24. The molecule has 0 saturated heterocycles. The lowest BCUT2D eigenvalue weighted by Gasteiger charge is -2.09. The van der Waals surface area contributed by atoms with Gasteiger partial charge in [-0.25, -0.2) is 17.8 Å². The molecule has 1 N–H and O–H groups in total. The number of nitrogens with one attached hydrogen (secondary N) is 1. The average molecular weight is 366 g/mol. The standard InChI is InChI=1S/C11H7BrClFN2O2S/c12-7-1-2-9(14)10(5-7)16-19(17,18)8-3-4-15-11(13)6-8/h1-6,16H. The second-order valence-corrected chi connectivity index (χ2v) is 6.53. The number of nitrogens with zero attached hydrogens (tertiary/aromatic N) is 1. The van der Waals surface area contributed by atoms with E-state index >= 15 is 0 Å². The summed E-state index contributed by atoms with van der Waals surface area (Å²) in [5, 5.41) is 0.0394. The third-order valence-electron chi connectivity index (χ3n) is 2.18. The number of halogens is 3. The van der Waals surface area contributed by atoms with Crippen molar-refractivity contribution in [3.05, 3.63) is 52.0 Å². The Morgan fingerprint density at radius 2 is 2.00 bits per heavy atom. The molecule has 4 nitrogen and oxygen atoms in total. The molecule has 0 saturated carbocycles. The minimum absolute atomic E-state index is 0.0394. The number of aromatic nitrogens is 1. The fourth-order valence-electron chi connectivity index (χ4n) is 1.33. The lowest BCUT2D eigenvalue weighted by atomic mass is 10.3. The molecule has 1 heterocycles. The van der Waals surface area contributed by atoms with Crippen molar-refractivity contribution in [1.29, 1.82) is 0 Å². The highest BCUT2D eigenvalue weighted by Gasteiger charge is 2.17. The van der Waals surface area contributed by atoms with E-state index < -0.39 is 15.8 Å². The van der Waals surface area contributed by atoms with E-state index in [4.69, 9.17) is 11.6 Å². The van der Waals surface area contributed by atoms with Gasteiger partial charge in [0.1, 0.15) is 11.0 Å². The first-order chi connectivity index (χ1) is 8.88. The Morgan fingerprint density at radius 3 is 2.68 bits per heavy atom. The van der Waals surface area contributed by atoms with E-state index in [0.29, 0.717) is 4.47 Å². The summed E-state index contributed by atoms with van der Waals surface area (Å²) in [6, 6.07) is 6.40. The smallest absolute Gasteiger partial charge is 0.262 e. The first kappa shape index (κ1) is 14.2. The minimum atomic E-state index is -3.91. The van der Waals surface area contributed by atoms with Crippen molar-refractivity contribution < 1.29 is 12.8 Å². The molecule has 0 atom stereocenters. The molecule has 100 valence electrons. The van der Waals surface area contributed by atoms with Crippen molar-refractivity contribution in [3.63, 3.8) is 0 Å². The predicted molar refractivity (Wildman–Crippen MR) is 74.2 cm³/mol. The maximum absolute atomic E-state index is 13.5. The number of sulfonamides is 1. The van der Waals surface area contributed by atoms with Gasteiger partial charge in [0.15, 0.2) is 0 Å². The number of hydrogen-bond acceptors (Lipinski definition) is 3. The van der Waals surface area contributed by atoms with Crippen molar-refractivity contribution in [3.8, 4) is 0 Å². The summed E-state index contributed by atoms with van der Waals surface area (Å²) in [6.45, 7) is 0. The largest absolute Gasteiger partial charge is 0.277 e. The van der Waals surface area contributed by atoms with Gasteiger partial charge in [-0.15, -0.1) is 0 Å². The minimum Gasteiger partial charge on any atom is -0.277 e. The zero-order chi connectivity index (χ0) is 14.0. The quantitative estimate of drug-likeness (QED) is 0.848. The van der Waals surface area contributed by atoms with Crippen molar-refractivity contribution in [1.82, 2.24) is 4.98 Å². The van der Waals surface area contributed by atoms with Crippen LogP contribution in [-0.2, 0) is 10.0 Å².